The molecule has 0 fully saturated rings. The molecule has 0 aliphatic rings. The molecular weight excluding hydrogens is 196 g/mol. The molecule has 0 aromatic heterocycles. The first-order chi connectivity index (χ1) is 6.97. The van der Waals surface area contributed by atoms with Crippen LogP contribution in [-0.2, 0) is 19.1 Å². The van der Waals surface area contributed by atoms with Gasteiger partial charge in [-0.05, 0) is 12.8 Å². The van der Waals surface area contributed by atoms with Gasteiger partial charge in [0.15, 0.2) is 0 Å². The Morgan fingerprint density at radius 2 is 2.00 bits per heavy atom. The third-order valence-corrected chi connectivity index (χ3v) is 1.39. The summed E-state index contributed by atoms with van der Waals surface area (Å²) < 4.78 is 9.47. The third kappa shape index (κ3) is 6.49. The predicted molar refractivity (Wildman–Crippen MR) is 55.8 cm³/mol. The predicted octanol–water partition coefficient (Wildman–Crippen LogP) is 1.82. The summed E-state index contributed by atoms with van der Waals surface area (Å²) >= 11 is 0. The second kappa shape index (κ2) is 6.81. The van der Waals surface area contributed by atoms with E-state index < -0.39 is 11.9 Å². The maximum absolute atomic E-state index is 11.2. The van der Waals surface area contributed by atoms with Crippen molar-refractivity contribution < 1.29 is 19.1 Å². The lowest BCUT2D eigenvalue weighted by atomic mass is 10.2. The van der Waals surface area contributed by atoms with Gasteiger partial charge in [0, 0.05) is 6.08 Å². The van der Waals surface area contributed by atoms with Gasteiger partial charge in [-0.15, -0.1) is 0 Å². The van der Waals surface area contributed by atoms with E-state index in [1.165, 1.54) is 6.92 Å². The first kappa shape index (κ1) is 13.4. The van der Waals surface area contributed by atoms with Gasteiger partial charge in [-0.25, -0.2) is 9.59 Å². The largest absolute Gasteiger partial charge is 0.462 e. The van der Waals surface area contributed by atoms with Crippen LogP contribution in [0, 0.1) is 5.92 Å². The summed E-state index contributed by atoms with van der Waals surface area (Å²) in [6, 6.07) is 0. The molecule has 0 aromatic rings. The van der Waals surface area contributed by atoms with Gasteiger partial charge in [0.1, 0.15) is 6.26 Å². The van der Waals surface area contributed by atoms with Crippen molar-refractivity contribution >= 4 is 11.9 Å². The van der Waals surface area contributed by atoms with Gasteiger partial charge in [0.05, 0.1) is 12.2 Å². The molecule has 0 amide bonds. The van der Waals surface area contributed by atoms with Crippen LogP contribution in [0.25, 0.3) is 0 Å². The Hall–Kier alpha value is -1.58. The van der Waals surface area contributed by atoms with Crippen LogP contribution in [0.4, 0.5) is 0 Å². The van der Waals surface area contributed by atoms with Crippen molar-refractivity contribution in [3.05, 3.63) is 24.5 Å². The van der Waals surface area contributed by atoms with Crippen LogP contribution in [-0.4, -0.2) is 18.5 Å². The van der Waals surface area contributed by atoms with E-state index in [1.54, 1.807) is 0 Å². The summed E-state index contributed by atoms with van der Waals surface area (Å²) in [6.07, 6.45) is 2.08. The lowest BCUT2D eigenvalue weighted by Crippen LogP contribution is -2.11. The SMILES string of the molecule is C=CC(=O)OC=C(C)C(=O)OCC(C)C. The summed E-state index contributed by atoms with van der Waals surface area (Å²) in [7, 11) is 0. The van der Waals surface area contributed by atoms with Crippen molar-refractivity contribution in [2.75, 3.05) is 6.61 Å². The van der Waals surface area contributed by atoms with Crippen molar-refractivity contribution in [2.24, 2.45) is 5.92 Å². The van der Waals surface area contributed by atoms with Crippen LogP contribution in [0.1, 0.15) is 20.8 Å². The highest BCUT2D eigenvalue weighted by atomic mass is 16.5. The number of rotatable bonds is 5. The van der Waals surface area contributed by atoms with Crippen LogP contribution in [0.5, 0.6) is 0 Å². The van der Waals surface area contributed by atoms with E-state index in [9.17, 15) is 9.59 Å². The van der Waals surface area contributed by atoms with Crippen molar-refractivity contribution in [3.63, 3.8) is 0 Å². The zero-order valence-corrected chi connectivity index (χ0v) is 9.28. The fraction of sp³-hybridized carbons (Fsp3) is 0.455. The smallest absolute Gasteiger partial charge is 0.336 e. The fourth-order valence-electron chi connectivity index (χ4n) is 0.599. The van der Waals surface area contributed by atoms with E-state index in [2.05, 4.69) is 11.3 Å². The lowest BCUT2D eigenvalue weighted by molar-refractivity contribution is -0.140. The maximum Gasteiger partial charge on any atom is 0.336 e. The molecule has 0 unspecified atom stereocenters. The third-order valence-electron chi connectivity index (χ3n) is 1.39. The minimum absolute atomic E-state index is 0.242. The Kier molecular flexibility index (Phi) is 6.09. The molecule has 0 rings (SSSR count). The van der Waals surface area contributed by atoms with Crippen LogP contribution in [0.2, 0.25) is 0 Å². The van der Waals surface area contributed by atoms with Gasteiger partial charge in [0.2, 0.25) is 0 Å². The van der Waals surface area contributed by atoms with Crippen LogP contribution in [0.15, 0.2) is 24.5 Å². The number of carbonyl (C=O) groups is 2. The first-order valence-electron chi connectivity index (χ1n) is 4.64. The average Bonchev–Trinajstić information content (AvgIpc) is 2.21. The second-order valence-corrected chi connectivity index (χ2v) is 3.43. The Balaban J connectivity index is 4.07. The van der Waals surface area contributed by atoms with E-state index in [-0.39, 0.29) is 11.5 Å². The lowest BCUT2D eigenvalue weighted by Gasteiger charge is -2.06. The maximum atomic E-state index is 11.2. The van der Waals surface area contributed by atoms with E-state index in [1.807, 2.05) is 13.8 Å². The molecule has 0 bridgehead atoms. The number of carbonyl (C=O) groups excluding carboxylic acids is 2. The molecule has 4 nitrogen and oxygen atoms in total. The summed E-state index contributed by atoms with van der Waals surface area (Å²) in [4.78, 5) is 21.9. The Morgan fingerprint density at radius 1 is 1.40 bits per heavy atom. The molecule has 0 aromatic carbocycles. The van der Waals surface area contributed by atoms with Crippen molar-refractivity contribution in [1.82, 2.24) is 0 Å². The molecule has 0 aliphatic carbocycles. The molecule has 84 valence electrons. The number of esters is 2. The summed E-state index contributed by atoms with van der Waals surface area (Å²) in [5.41, 5.74) is 0.242. The average molecular weight is 212 g/mol. The molecule has 0 atom stereocenters. The molecule has 0 saturated carbocycles. The molecule has 0 heterocycles. The van der Waals surface area contributed by atoms with Gasteiger partial charge < -0.3 is 9.47 Å². The molecule has 0 saturated heterocycles. The highest BCUT2D eigenvalue weighted by Gasteiger charge is 2.07. The highest BCUT2D eigenvalue weighted by molar-refractivity contribution is 5.88. The van der Waals surface area contributed by atoms with Crippen molar-refractivity contribution in [3.8, 4) is 0 Å². The fourth-order valence-corrected chi connectivity index (χ4v) is 0.599. The molecule has 0 aliphatic heterocycles. The first-order valence-corrected chi connectivity index (χ1v) is 4.64. The van der Waals surface area contributed by atoms with Crippen molar-refractivity contribution in [2.45, 2.75) is 20.8 Å². The minimum atomic E-state index is -0.606. The van der Waals surface area contributed by atoms with Gasteiger partial charge in [-0.1, -0.05) is 20.4 Å². The molecular formula is C11H16O4. The molecule has 0 radical (unpaired) electrons. The van der Waals surface area contributed by atoms with Crippen LogP contribution in [0.3, 0.4) is 0 Å². The van der Waals surface area contributed by atoms with E-state index in [4.69, 9.17) is 4.74 Å². The standard InChI is InChI=1S/C11H16O4/c1-5-10(12)14-7-9(4)11(13)15-6-8(2)3/h5,7-8H,1,6H2,2-4H3. The zero-order chi connectivity index (χ0) is 11.8. The Labute approximate surface area is 89.6 Å². The zero-order valence-electron chi connectivity index (χ0n) is 9.28. The second-order valence-electron chi connectivity index (χ2n) is 3.43. The van der Waals surface area contributed by atoms with Crippen LogP contribution >= 0.6 is 0 Å². The molecule has 4 heteroatoms. The van der Waals surface area contributed by atoms with Gasteiger partial charge in [0.25, 0.3) is 0 Å². The summed E-state index contributed by atoms with van der Waals surface area (Å²) in [6.45, 7) is 8.95. The normalized spacial score (nSPS) is 11.1. The molecule has 0 spiro atoms. The summed E-state index contributed by atoms with van der Waals surface area (Å²) in [5, 5.41) is 0. The Morgan fingerprint density at radius 3 is 2.47 bits per heavy atom. The van der Waals surface area contributed by atoms with Crippen LogP contribution < -0.4 is 0 Å². The van der Waals surface area contributed by atoms with E-state index >= 15 is 0 Å². The van der Waals surface area contributed by atoms with E-state index in [0.717, 1.165) is 12.3 Å². The van der Waals surface area contributed by atoms with Gasteiger partial charge >= 0.3 is 11.9 Å². The quantitative estimate of drug-likeness (QED) is 0.396. The number of hydrogen-bond donors (Lipinski definition) is 0. The number of hydrogen-bond acceptors (Lipinski definition) is 4. The van der Waals surface area contributed by atoms with Gasteiger partial charge in [-0.2, -0.15) is 0 Å². The molecule has 15 heavy (non-hydrogen) atoms. The Bertz CT molecular complexity index is 276. The molecule has 0 N–H and O–H groups in total. The highest BCUT2D eigenvalue weighted by Crippen LogP contribution is 2.00. The van der Waals surface area contributed by atoms with E-state index in [0.29, 0.717) is 6.61 Å². The van der Waals surface area contributed by atoms with Crippen molar-refractivity contribution in [1.29, 1.82) is 0 Å². The van der Waals surface area contributed by atoms with Gasteiger partial charge in [-0.3, -0.25) is 0 Å². The topological polar surface area (TPSA) is 52.6 Å². The minimum Gasteiger partial charge on any atom is -0.462 e. The summed E-state index contributed by atoms with van der Waals surface area (Å²) in [5.74, 6) is -0.816. The number of ether oxygens (including phenoxy) is 2. The monoisotopic (exact) mass is 212 g/mol.